The number of piperidine rings is 1. The first-order valence-corrected chi connectivity index (χ1v) is 9.63. The molecule has 0 N–H and O–H groups in total. The Bertz CT molecular complexity index is 929. The molecule has 1 aromatic carbocycles. The molecule has 6 nitrogen and oxygen atoms in total. The molecule has 2 aliphatic heterocycles. The molecule has 2 aliphatic rings. The third kappa shape index (κ3) is 3.37. The summed E-state index contributed by atoms with van der Waals surface area (Å²) >= 11 is 0. The Morgan fingerprint density at radius 3 is 2.68 bits per heavy atom. The molecule has 1 fully saturated rings. The molecular formula is C21H23FN4O2. The van der Waals surface area contributed by atoms with Crippen molar-refractivity contribution in [2.75, 3.05) is 25.0 Å². The zero-order chi connectivity index (χ0) is 19.8. The first-order valence-electron chi connectivity index (χ1n) is 9.63. The number of hydrogen-bond acceptors (Lipinski definition) is 4. The van der Waals surface area contributed by atoms with E-state index in [1.807, 2.05) is 6.92 Å². The highest BCUT2D eigenvalue weighted by Gasteiger charge is 2.30. The molecule has 0 bridgehead atoms. The minimum atomic E-state index is -0.357. The average molecular weight is 382 g/mol. The van der Waals surface area contributed by atoms with Gasteiger partial charge < -0.3 is 4.90 Å². The van der Waals surface area contributed by atoms with Crippen molar-refractivity contribution in [2.24, 2.45) is 0 Å². The van der Waals surface area contributed by atoms with E-state index >= 15 is 0 Å². The summed E-state index contributed by atoms with van der Waals surface area (Å²) in [7, 11) is 1.75. The van der Waals surface area contributed by atoms with E-state index in [0.717, 1.165) is 24.1 Å². The number of anilines is 1. The van der Waals surface area contributed by atoms with Gasteiger partial charge in [-0.1, -0.05) is 0 Å². The normalized spacial score (nSPS) is 19.5. The molecule has 0 aliphatic carbocycles. The number of nitrogens with zero attached hydrogens (tertiary/aromatic N) is 4. The molecule has 146 valence electrons. The van der Waals surface area contributed by atoms with Crippen molar-refractivity contribution in [3.05, 3.63) is 52.7 Å². The minimum absolute atomic E-state index is 0.0209. The predicted molar refractivity (Wildman–Crippen MR) is 103 cm³/mol. The van der Waals surface area contributed by atoms with Gasteiger partial charge >= 0.3 is 0 Å². The van der Waals surface area contributed by atoms with Crippen LogP contribution in [0.2, 0.25) is 0 Å². The van der Waals surface area contributed by atoms with Gasteiger partial charge in [0.25, 0.3) is 5.91 Å². The molecule has 1 unspecified atom stereocenters. The summed E-state index contributed by atoms with van der Waals surface area (Å²) in [6.45, 7) is 3.14. The van der Waals surface area contributed by atoms with Crippen molar-refractivity contribution in [1.82, 2.24) is 14.9 Å². The van der Waals surface area contributed by atoms with Crippen LogP contribution in [0.5, 0.6) is 0 Å². The third-order valence-corrected chi connectivity index (χ3v) is 5.65. The van der Waals surface area contributed by atoms with Crippen LogP contribution >= 0.6 is 0 Å². The van der Waals surface area contributed by atoms with Crippen LogP contribution in [-0.2, 0) is 11.2 Å². The molecule has 1 aromatic heterocycles. The third-order valence-electron chi connectivity index (χ3n) is 5.65. The molecule has 1 saturated heterocycles. The van der Waals surface area contributed by atoms with Gasteiger partial charge in [-0.15, -0.1) is 0 Å². The van der Waals surface area contributed by atoms with Gasteiger partial charge in [0.2, 0.25) is 5.91 Å². The lowest BCUT2D eigenvalue weighted by Crippen LogP contribution is -2.40. The lowest BCUT2D eigenvalue weighted by Gasteiger charge is -2.33. The maximum Gasteiger partial charge on any atom is 0.253 e. The molecule has 7 heteroatoms. The van der Waals surface area contributed by atoms with Crippen molar-refractivity contribution >= 4 is 17.6 Å². The second-order valence-electron chi connectivity index (χ2n) is 7.52. The molecular weight excluding hydrogens is 359 g/mol. The Kier molecular flexibility index (Phi) is 4.83. The van der Waals surface area contributed by atoms with Crippen LogP contribution < -0.4 is 4.90 Å². The Labute approximate surface area is 163 Å². The Morgan fingerprint density at radius 2 is 1.93 bits per heavy atom. The summed E-state index contributed by atoms with van der Waals surface area (Å²) < 4.78 is 13.1. The summed E-state index contributed by atoms with van der Waals surface area (Å²) in [6, 6.07) is 5.64. The van der Waals surface area contributed by atoms with Crippen LogP contribution in [0, 0.1) is 12.7 Å². The van der Waals surface area contributed by atoms with Gasteiger partial charge in [0.1, 0.15) is 17.5 Å². The SMILES string of the molecule is Cc1nc(C2CCCN(C(=O)c3ccc(F)cc3)C2)nc2c1CCC(=O)N2C. The number of aryl methyl sites for hydroxylation is 1. The summed E-state index contributed by atoms with van der Waals surface area (Å²) in [4.78, 5) is 37.7. The number of rotatable bonds is 2. The summed E-state index contributed by atoms with van der Waals surface area (Å²) in [5, 5.41) is 0. The fourth-order valence-corrected chi connectivity index (χ4v) is 4.02. The Balaban J connectivity index is 1.58. The Hall–Kier alpha value is -2.83. The second kappa shape index (κ2) is 7.30. The van der Waals surface area contributed by atoms with Crippen LogP contribution in [0.15, 0.2) is 24.3 Å². The molecule has 0 saturated carbocycles. The second-order valence-corrected chi connectivity index (χ2v) is 7.52. The number of fused-ring (bicyclic) bond motifs is 1. The molecule has 2 aromatic rings. The largest absolute Gasteiger partial charge is 0.338 e. The highest BCUT2D eigenvalue weighted by molar-refractivity contribution is 5.95. The summed E-state index contributed by atoms with van der Waals surface area (Å²) in [5.41, 5.74) is 2.41. The highest BCUT2D eigenvalue weighted by atomic mass is 19.1. The maximum absolute atomic E-state index is 13.1. The van der Waals surface area contributed by atoms with Gasteiger partial charge in [0.05, 0.1) is 0 Å². The molecule has 0 spiro atoms. The quantitative estimate of drug-likeness (QED) is 0.801. The van der Waals surface area contributed by atoms with Gasteiger partial charge in [-0.3, -0.25) is 14.5 Å². The smallest absolute Gasteiger partial charge is 0.253 e. The predicted octanol–water partition coefficient (Wildman–Crippen LogP) is 2.85. The number of carbonyl (C=O) groups is 2. The topological polar surface area (TPSA) is 66.4 Å². The number of halogens is 1. The number of amides is 2. The van der Waals surface area contributed by atoms with Gasteiger partial charge in [-0.2, -0.15) is 0 Å². The fraction of sp³-hybridized carbons (Fsp3) is 0.429. The van der Waals surface area contributed by atoms with E-state index < -0.39 is 0 Å². The van der Waals surface area contributed by atoms with Crippen molar-refractivity contribution in [3.63, 3.8) is 0 Å². The maximum atomic E-state index is 13.1. The molecule has 3 heterocycles. The van der Waals surface area contributed by atoms with Crippen LogP contribution in [0.4, 0.5) is 10.2 Å². The van der Waals surface area contributed by atoms with Crippen LogP contribution in [0.1, 0.15) is 52.6 Å². The number of likely N-dealkylation sites (tertiary alicyclic amines) is 1. The van der Waals surface area contributed by atoms with E-state index in [-0.39, 0.29) is 23.5 Å². The first-order chi connectivity index (χ1) is 13.4. The van der Waals surface area contributed by atoms with E-state index in [9.17, 15) is 14.0 Å². The van der Waals surface area contributed by atoms with Crippen molar-refractivity contribution < 1.29 is 14.0 Å². The lowest BCUT2D eigenvalue weighted by atomic mass is 9.95. The Morgan fingerprint density at radius 1 is 1.18 bits per heavy atom. The van der Waals surface area contributed by atoms with E-state index in [0.29, 0.717) is 43.1 Å². The van der Waals surface area contributed by atoms with Gasteiger partial charge in [0.15, 0.2) is 0 Å². The molecule has 2 amide bonds. The standard InChI is InChI=1S/C21H23FN4O2/c1-13-17-9-10-18(27)25(2)20(17)24-19(23-13)15-4-3-11-26(12-15)21(28)14-5-7-16(22)8-6-14/h5-8,15H,3-4,9-12H2,1-2H3. The molecule has 0 radical (unpaired) electrons. The van der Waals surface area contributed by atoms with Crippen LogP contribution in [0.25, 0.3) is 0 Å². The summed E-state index contributed by atoms with van der Waals surface area (Å²) in [6.07, 6.45) is 2.90. The number of carbonyl (C=O) groups excluding carboxylic acids is 2. The molecule has 1 atom stereocenters. The summed E-state index contributed by atoms with van der Waals surface area (Å²) in [5.74, 6) is 1.01. The zero-order valence-corrected chi connectivity index (χ0v) is 16.1. The lowest BCUT2D eigenvalue weighted by molar-refractivity contribution is -0.118. The first kappa shape index (κ1) is 18.5. The van der Waals surface area contributed by atoms with Gasteiger partial charge in [-0.05, 0) is 50.5 Å². The van der Waals surface area contributed by atoms with Gasteiger partial charge in [-0.25, -0.2) is 14.4 Å². The van der Waals surface area contributed by atoms with E-state index in [1.165, 1.54) is 24.3 Å². The number of benzene rings is 1. The van der Waals surface area contributed by atoms with Gasteiger partial charge in [0, 0.05) is 49.3 Å². The monoisotopic (exact) mass is 382 g/mol. The zero-order valence-electron chi connectivity index (χ0n) is 16.1. The number of hydrogen-bond donors (Lipinski definition) is 0. The van der Waals surface area contributed by atoms with E-state index in [2.05, 4.69) is 0 Å². The fourth-order valence-electron chi connectivity index (χ4n) is 4.02. The highest BCUT2D eigenvalue weighted by Crippen LogP contribution is 2.31. The minimum Gasteiger partial charge on any atom is -0.338 e. The van der Waals surface area contributed by atoms with E-state index in [4.69, 9.17) is 9.97 Å². The van der Waals surface area contributed by atoms with Crippen molar-refractivity contribution in [2.45, 2.75) is 38.5 Å². The van der Waals surface area contributed by atoms with Crippen LogP contribution in [0.3, 0.4) is 0 Å². The molecule has 4 rings (SSSR count). The number of aromatic nitrogens is 2. The van der Waals surface area contributed by atoms with E-state index in [1.54, 1.807) is 16.8 Å². The average Bonchev–Trinajstić information content (AvgIpc) is 2.71. The molecule has 28 heavy (non-hydrogen) atoms. The van der Waals surface area contributed by atoms with Crippen molar-refractivity contribution in [3.8, 4) is 0 Å². The van der Waals surface area contributed by atoms with Crippen molar-refractivity contribution in [1.29, 1.82) is 0 Å². The van der Waals surface area contributed by atoms with Crippen LogP contribution in [-0.4, -0.2) is 46.8 Å².